The van der Waals surface area contributed by atoms with Crippen molar-refractivity contribution in [1.29, 1.82) is 5.26 Å². The number of carbonyl (C=O) groups excluding carboxylic acids is 1. The van der Waals surface area contributed by atoms with Crippen LogP contribution < -0.4 is 10.2 Å². The molecule has 2 fully saturated rings. The van der Waals surface area contributed by atoms with Gasteiger partial charge in [-0.15, -0.1) is 0 Å². The Morgan fingerprint density at radius 3 is 2.81 bits per heavy atom. The highest BCUT2D eigenvalue weighted by Crippen LogP contribution is 2.40. The Hall–Kier alpha value is -2.31. The number of para-hydroxylation sites is 1. The minimum absolute atomic E-state index is 0.0738. The van der Waals surface area contributed by atoms with Gasteiger partial charge in [0.1, 0.15) is 11.6 Å². The van der Waals surface area contributed by atoms with Gasteiger partial charge in [-0.05, 0) is 18.6 Å². The van der Waals surface area contributed by atoms with Crippen molar-refractivity contribution in [1.82, 2.24) is 5.32 Å². The third kappa shape index (κ3) is 4.34. The summed E-state index contributed by atoms with van der Waals surface area (Å²) in [5, 5.41) is 12.4. The summed E-state index contributed by atoms with van der Waals surface area (Å²) in [5.74, 6) is -0.276. The lowest BCUT2D eigenvalue weighted by Gasteiger charge is -2.24. The van der Waals surface area contributed by atoms with E-state index in [1.807, 2.05) is 48.2 Å². The lowest BCUT2D eigenvalue weighted by atomic mass is 10.2. The van der Waals surface area contributed by atoms with Gasteiger partial charge in [0.15, 0.2) is 15.0 Å². The standard InChI is InChI=1S/C18H20N4O3S2/c1-2-8-20-17(23)13(9-19)10-21-18-22(14-6-4-3-5-7-14)15-11-27(24,25)12-16(15)26-18/h3-7,10,15-16H,2,8,11-12H2,1H3,(H,20,23)/b13-10+,21-18?/t15-,16+/m1/s1. The number of nitriles is 1. The highest BCUT2D eigenvalue weighted by molar-refractivity contribution is 8.16. The molecule has 1 aromatic rings. The molecule has 0 aromatic heterocycles. The van der Waals surface area contributed by atoms with E-state index in [9.17, 15) is 18.5 Å². The van der Waals surface area contributed by atoms with Gasteiger partial charge in [0, 0.05) is 17.5 Å². The quantitative estimate of drug-likeness (QED) is 0.592. The van der Waals surface area contributed by atoms with Crippen molar-refractivity contribution in [2.45, 2.75) is 24.6 Å². The number of hydrogen-bond donors (Lipinski definition) is 1. The van der Waals surface area contributed by atoms with E-state index in [2.05, 4.69) is 10.3 Å². The van der Waals surface area contributed by atoms with Gasteiger partial charge in [0.05, 0.1) is 23.7 Å². The molecule has 2 saturated heterocycles. The second kappa shape index (κ2) is 8.15. The van der Waals surface area contributed by atoms with Gasteiger partial charge in [-0.2, -0.15) is 5.26 Å². The number of nitrogens with one attached hydrogen (secondary N) is 1. The first-order chi connectivity index (χ1) is 12.9. The highest BCUT2D eigenvalue weighted by Gasteiger charge is 2.49. The molecule has 1 aromatic carbocycles. The largest absolute Gasteiger partial charge is 0.351 e. The average Bonchev–Trinajstić information content (AvgIpc) is 3.12. The van der Waals surface area contributed by atoms with Crippen molar-refractivity contribution >= 4 is 38.4 Å². The SMILES string of the molecule is CCCNC(=O)/C(C#N)=C/N=C1S[C@H]2CS(=O)(=O)C[C@H]2N1c1ccccc1. The van der Waals surface area contributed by atoms with Crippen LogP contribution in [-0.4, -0.2) is 48.8 Å². The maximum atomic E-state index is 12.0. The summed E-state index contributed by atoms with van der Waals surface area (Å²) in [6.45, 7) is 2.41. The molecule has 0 unspecified atom stereocenters. The van der Waals surface area contributed by atoms with E-state index >= 15 is 0 Å². The lowest BCUT2D eigenvalue weighted by Crippen LogP contribution is -2.37. The molecule has 2 aliphatic rings. The number of amidine groups is 1. The Kier molecular flexibility index (Phi) is 5.87. The molecule has 0 bridgehead atoms. The Bertz CT molecular complexity index is 920. The molecule has 1 N–H and O–H groups in total. The van der Waals surface area contributed by atoms with Gasteiger partial charge in [-0.25, -0.2) is 13.4 Å². The van der Waals surface area contributed by atoms with Crippen LogP contribution in [0.4, 0.5) is 5.69 Å². The molecule has 27 heavy (non-hydrogen) atoms. The number of amides is 1. The van der Waals surface area contributed by atoms with Crippen LogP contribution in [0.2, 0.25) is 0 Å². The number of hydrogen-bond acceptors (Lipinski definition) is 6. The molecule has 142 valence electrons. The molecule has 7 nitrogen and oxygen atoms in total. The summed E-state index contributed by atoms with van der Waals surface area (Å²) in [5.41, 5.74) is 0.768. The van der Waals surface area contributed by atoms with Gasteiger partial charge >= 0.3 is 0 Å². The molecule has 2 heterocycles. The second-order valence-corrected chi connectivity index (χ2v) is 9.69. The lowest BCUT2D eigenvalue weighted by molar-refractivity contribution is -0.117. The number of thioether (sulfide) groups is 1. The summed E-state index contributed by atoms with van der Waals surface area (Å²) in [4.78, 5) is 18.3. The minimum Gasteiger partial charge on any atom is -0.351 e. The monoisotopic (exact) mass is 404 g/mol. The number of sulfone groups is 1. The number of aliphatic imine (C=N–C) groups is 1. The second-order valence-electron chi connectivity index (χ2n) is 6.33. The first kappa shape index (κ1) is 19.5. The van der Waals surface area contributed by atoms with Crippen LogP contribution in [0.1, 0.15) is 13.3 Å². The Balaban J connectivity index is 1.92. The van der Waals surface area contributed by atoms with Crippen molar-refractivity contribution in [3.63, 3.8) is 0 Å². The molecule has 0 spiro atoms. The maximum Gasteiger partial charge on any atom is 0.263 e. The molecule has 0 saturated carbocycles. The average molecular weight is 405 g/mol. The Morgan fingerprint density at radius 1 is 1.41 bits per heavy atom. The van der Waals surface area contributed by atoms with Crippen LogP contribution in [0.5, 0.6) is 0 Å². The van der Waals surface area contributed by atoms with Crippen LogP contribution in [0, 0.1) is 11.3 Å². The Labute approximate surface area is 163 Å². The van der Waals surface area contributed by atoms with Crippen molar-refractivity contribution in [2.24, 2.45) is 4.99 Å². The zero-order chi connectivity index (χ0) is 19.4. The fourth-order valence-corrected chi connectivity index (χ4v) is 6.95. The number of carbonyl (C=O) groups is 1. The van der Waals surface area contributed by atoms with Gasteiger partial charge in [-0.3, -0.25) is 4.79 Å². The van der Waals surface area contributed by atoms with Gasteiger partial charge in [0.25, 0.3) is 5.91 Å². The number of fused-ring (bicyclic) bond motifs is 1. The molecule has 0 aliphatic carbocycles. The summed E-state index contributed by atoms with van der Waals surface area (Å²) >= 11 is 1.38. The van der Waals surface area contributed by atoms with Crippen molar-refractivity contribution in [3.8, 4) is 6.07 Å². The first-order valence-corrected chi connectivity index (χ1v) is 11.3. The third-order valence-electron chi connectivity index (χ3n) is 4.31. The molecular weight excluding hydrogens is 384 g/mol. The van der Waals surface area contributed by atoms with Gasteiger partial charge < -0.3 is 10.2 Å². The van der Waals surface area contributed by atoms with E-state index in [0.717, 1.165) is 12.1 Å². The molecule has 9 heteroatoms. The van der Waals surface area contributed by atoms with Crippen molar-refractivity contribution in [3.05, 3.63) is 42.1 Å². The van der Waals surface area contributed by atoms with E-state index in [-0.39, 0.29) is 28.4 Å². The topological polar surface area (TPSA) is 103 Å². The van der Waals surface area contributed by atoms with E-state index in [1.165, 1.54) is 18.0 Å². The van der Waals surface area contributed by atoms with Crippen LogP contribution >= 0.6 is 11.8 Å². The van der Waals surface area contributed by atoms with Crippen LogP contribution in [-0.2, 0) is 14.6 Å². The van der Waals surface area contributed by atoms with E-state index in [0.29, 0.717) is 11.7 Å². The summed E-state index contributed by atoms with van der Waals surface area (Å²) in [7, 11) is -3.08. The Morgan fingerprint density at radius 2 is 2.15 bits per heavy atom. The van der Waals surface area contributed by atoms with Crippen LogP contribution in [0.3, 0.4) is 0 Å². The van der Waals surface area contributed by atoms with Crippen LogP contribution in [0.25, 0.3) is 0 Å². The fourth-order valence-electron chi connectivity index (χ4n) is 3.06. The van der Waals surface area contributed by atoms with Crippen LogP contribution in [0.15, 0.2) is 47.1 Å². The zero-order valence-electron chi connectivity index (χ0n) is 14.8. The molecule has 2 atom stereocenters. The summed E-state index contributed by atoms with van der Waals surface area (Å²) in [6, 6.07) is 11.1. The van der Waals surface area contributed by atoms with Gasteiger partial charge in [0.2, 0.25) is 0 Å². The number of benzene rings is 1. The molecule has 3 rings (SSSR count). The smallest absolute Gasteiger partial charge is 0.263 e. The van der Waals surface area contributed by atoms with Gasteiger partial charge in [-0.1, -0.05) is 36.9 Å². The predicted molar refractivity (Wildman–Crippen MR) is 107 cm³/mol. The first-order valence-electron chi connectivity index (χ1n) is 8.63. The van der Waals surface area contributed by atoms with Crippen molar-refractivity contribution < 1.29 is 13.2 Å². The van der Waals surface area contributed by atoms with Crippen molar-refractivity contribution in [2.75, 3.05) is 23.0 Å². The minimum atomic E-state index is -3.08. The zero-order valence-corrected chi connectivity index (χ0v) is 16.5. The third-order valence-corrected chi connectivity index (χ3v) is 7.53. The molecule has 1 amide bonds. The highest BCUT2D eigenvalue weighted by atomic mass is 32.2. The number of rotatable bonds is 5. The van der Waals surface area contributed by atoms with E-state index < -0.39 is 15.7 Å². The number of anilines is 1. The predicted octanol–water partition coefficient (Wildman–Crippen LogP) is 1.70. The summed E-state index contributed by atoms with van der Waals surface area (Å²) in [6.07, 6.45) is 2.03. The van der Waals surface area contributed by atoms with E-state index in [4.69, 9.17) is 0 Å². The molecular formula is C18H20N4O3S2. The molecule has 0 radical (unpaired) electrons. The van der Waals surface area contributed by atoms with E-state index in [1.54, 1.807) is 0 Å². The number of nitrogens with zero attached hydrogens (tertiary/aromatic N) is 3. The fraction of sp³-hybridized carbons (Fsp3) is 0.389. The molecule has 2 aliphatic heterocycles. The maximum absolute atomic E-state index is 12.0. The normalized spacial score (nSPS) is 25.3. The summed E-state index contributed by atoms with van der Waals surface area (Å²) < 4.78 is 24.1.